The van der Waals surface area contributed by atoms with E-state index in [0.717, 1.165) is 22.4 Å². The zero-order valence-electron chi connectivity index (χ0n) is 15.2. The van der Waals surface area contributed by atoms with Crippen LogP contribution in [0.25, 0.3) is 11.1 Å². The van der Waals surface area contributed by atoms with E-state index in [9.17, 15) is 4.79 Å². The lowest BCUT2D eigenvalue weighted by Crippen LogP contribution is -2.33. The number of nitrogen functional groups attached to an aromatic ring is 1. The SMILES string of the molecule is COc1cccc(CN(C)C(=O)C(=N)c2ccc(-c3cn[nH]c3)cc2N)c1. The molecule has 0 bridgehead atoms. The van der Waals surface area contributed by atoms with Crippen molar-refractivity contribution in [2.45, 2.75) is 6.54 Å². The van der Waals surface area contributed by atoms with Crippen molar-refractivity contribution in [1.82, 2.24) is 15.1 Å². The minimum atomic E-state index is -0.402. The lowest BCUT2D eigenvalue weighted by molar-refractivity contribution is -0.123. The molecule has 0 saturated carbocycles. The Morgan fingerprint density at radius 1 is 1.26 bits per heavy atom. The van der Waals surface area contributed by atoms with Gasteiger partial charge in [0.1, 0.15) is 11.5 Å². The fraction of sp³-hybridized carbons (Fsp3) is 0.150. The van der Waals surface area contributed by atoms with Crippen LogP contribution in [0.4, 0.5) is 5.69 Å². The Bertz CT molecular complexity index is 966. The van der Waals surface area contributed by atoms with Gasteiger partial charge in [0, 0.05) is 36.6 Å². The minimum Gasteiger partial charge on any atom is -0.497 e. The smallest absolute Gasteiger partial charge is 0.272 e. The molecule has 0 fully saturated rings. The number of aromatic nitrogens is 2. The molecule has 1 amide bonds. The molecule has 0 atom stereocenters. The first-order chi connectivity index (χ1) is 13.0. The van der Waals surface area contributed by atoms with Crippen LogP contribution < -0.4 is 10.5 Å². The van der Waals surface area contributed by atoms with Crippen LogP contribution in [0.3, 0.4) is 0 Å². The average molecular weight is 363 g/mol. The third-order valence-electron chi connectivity index (χ3n) is 4.27. The van der Waals surface area contributed by atoms with E-state index in [0.29, 0.717) is 17.8 Å². The van der Waals surface area contributed by atoms with E-state index < -0.39 is 5.91 Å². The highest BCUT2D eigenvalue weighted by Crippen LogP contribution is 2.24. The summed E-state index contributed by atoms with van der Waals surface area (Å²) in [6.07, 6.45) is 3.44. The molecule has 27 heavy (non-hydrogen) atoms. The third kappa shape index (κ3) is 3.98. The maximum Gasteiger partial charge on any atom is 0.272 e. The first kappa shape index (κ1) is 18.2. The molecule has 2 aromatic carbocycles. The molecule has 7 heteroatoms. The number of H-pyrrole nitrogens is 1. The second-order valence-electron chi connectivity index (χ2n) is 6.18. The normalized spacial score (nSPS) is 10.4. The first-order valence-corrected chi connectivity index (χ1v) is 8.35. The number of anilines is 1. The molecule has 0 aliphatic heterocycles. The van der Waals surface area contributed by atoms with Gasteiger partial charge in [0.05, 0.1) is 13.3 Å². The maximum absolute atomic E-state index is 12.7. The molecule has 0 radical (unpaired) electrons. The van der Waals surface area contributed by atoms with E-state index in [1.54, 1.807) is 38.7 Å². The number of methoxy groups -OCH3 is 1. The summed E-state index contributed by atoms with van der Waals surface area (Å²) in [4.78, 5) is 14.2. The number of likely N-dealkylation sites (N-methyl/N-ethyl adjacent to an activating group) is 1. The van der Waals surface area contributed by atoms with Crippen LogP contribution in [0.15, 0.2) is 54.9 Å². The van der Waals surface area contributed by atoms with Crippen molar-refractivity contribution >= 4 is 17.3 Å². The Morgan fingerprint density at radius 3 is 2.74 bits per heavy atom. The van der Waals surface area contributed by atoms with Crippen LogP contribution in [0.1, 0.15) is 11.1 Å². The van der Waals surface area contributed by atoms with E-state index in [1.165, 1.54) is 4.90 Å². The number of nitrogens with two attached hydrogens (primary N) is 1. The minimum absolute atomic E-state index is 0.142. The summed E-state index contributed by atoms with van der Waals surface area (Å²) >= 11 is 0. The predicted octanol–water partition coefficient (Wildman–Crippen LogP) is 2.69. The number of amides is 1. The number of aromatic amines is 1. The maximum atomic E-state index is 12.7. The quantitative estimate of drug-likeness (QED) is 0.462. The Morgan fingerprint density at radius 2 is 2.07 bits per heavy atom. The zero-order valence-corrected chi connectivity index (χ0v) is 15.2. The van der Waals surface area contributed by atoms with E-state index in [-0.39, 0.29) is 5.71 Å². The van der Waals surface area contributed by atoms with Gasteiger partial charge in [-0.15, -0.1) is 0 Å². The van der Waals surface area contributed by atoms with Gasteiger partial charge in [0.2, 0.25) is 0 Å². The van der Waals surface area contributed by atoms with Gasteiger partial charge < -0.3 is 15.4 Å². The number of ether oxygens (including phenoxy) is 1. The second-order valence-corrected chi connectivity index (χ2v) is 6.18. The molecule has 3 rings (SSSR count). The van der Waals surface area contributed by atoms with Crippen LogP contribution >= 0.6 is 0 Å². The van der Waals surface area contributed by atoms with E-state index >= 15 is 0 Å². The van der Waals surface area contributed by atoms with Crippen LogP contribution in [0.2, 0.25) is 0 Å². The van der Waals surface area contributed by atoms with E-state index in [2.05, 4.69) is 10.2 Å². The molecule has 0 aliphatic carbocycles. The zero-order chi connectivity index (χ0) is 19.4. The first-order valence-electron chi connectivity index (χ1n) is 8.35. The van der Waals surface area contributed by atoms with Crippen molar-refractivity contribution in [3.05, 3.63) is 66.0 Å². The Kier molecular flexibility index (Phi) is 5.21. The summed E-state index contributed by atoms with van der Waals surface area (Å²) in [5.74, 6) is 0.322. The van der Waals surface area contributed by atoms with Gasteiger partial charge >= 0.3 is 0 Å². The van der Waals surface area contributed by atoms with Crippen LogP contribution in [-0.2, 0) is 11.3 Å². The summed E-state index contributed by atoms with van der Waals surface area (Å²) in [5, 5.41) is 14.9. The van der Waals surface area contributed by atoms with Crippen LogP contribution in [0.5, 0.6) is 5.75 Å². The number of carbonyl (C=O) groups is 1. The molecule has 0 spiro atoms. The molecule has 3 aromatic rings. The van der Waals surface area contributed by atoms with E-state index in [1.807, 2.05) is 30.3 Å². The summed E-state index contributed by atoms with van der Waals surface area (Å²) in [6.45, 7) is 0.366. The number of rotatable bonds is 6. The molecular formula is C20H21N5O2. The molecule has 4 N–H and O–H groups in total. The highest BCUT2D eigenvalue weighted by molar-refractivity contribution is 6.45. The predicted molar refractivity (Wildman–Crippen MR) is 105 cm³/mol. The molecule has 0 unspecified atom stereocenters. The fourth-order valence-corrected chi connectivity index (χ4v) is 2.80. The van der Waals surface area contributed by atoms with Crippen molar-refractivity contribution in [2.24, 2.45) is 0 Å². The topological polar surface area (TPSA) is 108 Å². The van der Waals surface area contributed by atoms with Crippen molar-refractivity contribution in [2.75, 3.05) is 19.9 Å². The van der Waals surface area contributed by atoms with Crippen molar-refractivity contribution in [1.29, 1.82) is 5.41 Å². The highest BCUT2D eigenvalue weighted by atomic mass is 16.5. The van der Waals surface area contributed by atoms with Gasteiger partial charge in [-0.25, -0.2) is 0 Å². The van der Waals surface area contributed by atoms with Gasteiger partial charge in [-0.05, 0) is 35.4 Å². The van der Waals surface area contributed by atoms with Crippen LogP contribution in [-0.4, -0.2) is 40.9 Å². The average Bonchev–Trinajstić information content (AvgIpc) is 3.21. The third-order valence-corrected chi connectivity index (χ3v) is 4.27. The van der Waals surface area contributed by atoms with Crippen LogP contribution in [0, 0.1) is 5.41 Å². The molecule has 0 saturated heterocycles. The number of hydrogen-bond acceptors (Lipinski definition) is 5. The molecule has 0 aliphatic rings. The molecular weight excluding hydrogens is 342 g/mol. The van der Waals surface area contributed by atoms with E-state index in [4.69, 9.17) is 15.9 Å². The highest BCUT2D eigenvalue weighted by Gasteiger charge is 2.19. The summed E-state index contributed by atoms with van der Waals surface area (Å²) in [6, 6.07) is 12.7. The van der Waals surface area contributed by atoms with Crippen molar-refractivity contribution < 1.29 is 9.53 Å². The molecule has 1 heterocycles. The monoisotopic (exact) mass is 363 g/mol. The van der Waals surface area contributed by atoms with Gasteiger partial charge in [0.25, 0.3) is 5.91 Å². The summed E-state index contributed by atoms with van der Waals surface area (Å²) in [7, 11) is 3.26. The van der Waals surface area contributed by atoms with Crippen molar-refractivity contribution in [3.8, 4) is 16.9 Å². The lowest BCUT2D eigenvalue weighted by atomic mass is 10.0. The number of carbonyl (C=O) groups excluding carboxylic acids is 1. The number of hydrogen-bond donors (Lipinski definition) is 3. The summed E-state index contributed by atoms with van der Waals surface area (Å²) < 4.78 is 5.20. The van der Waals surface area contributed by atoms with Gasteiger partial charge in [0.15, 0.2) is 0 Å². The number of nitrogens with one attached hydrogen (secondary N) is 2. The molecule has 138 valence electrons. The second kappa shape index (κ2) is 7.74. The molecule has 7 nitrogen and oxygen atoms in total. The summed E-state index contributed by atoms with van der Waals surface area (Å²) in [5.41, 5.74) is 9.42. The Hall–Kier alpha value is -3.61. The van der Waals surface area contributed by atoms with Crippen molar-refractivity contribution in [3.63, 3.8) is 0 Å². The van der Waals surface area contributed by atoms with Gasteiger partial charge in [-0.1, -0.05) is 18.2 Å². The van der Waals surface area contributed by atoms with Gasteiger partial charge in [-0.3, -0.25) is 15.3 Å². The largest absolute Gasteiger partial charge is 0.497 e. The fourth-order valence-electron chi connectivity index (χ4n) is 2.80. The molecule has 1 aromatic heterocycles. The Labute approximate surface area is 157 Å². The number of nitrogens with zero attached hydrogens (tertiary/aromatic N) is 2. The number of benzene rings is 2. The Balaban J connectivity index is 1.75. The lowest BCUT2D eigenvalue weighted by Gasteiger charge is -2.19. The standard InChI is InChI=1S/C20H21N5O2/c1-25(12-13-4-3-5-16(8-13)27-2)20(26)19(22)17-7-6-14(9-18(17)21)15-10-23-24-11-15/h3-11,22H,12,21H2,1-2H3,(H,23,24). The van der Waals surface area contributed by atoms with Gasteiger partial charge in [-0.2, -0.15) is 5.10 Å².